The van der Waals surface area contributed by atoms with Gasteiger partial charge in [-0.15, -0.1) is 0 Å². The molecular formula is C21H23N3O3. The van der Waals surface area contributed by atoms with E-state index in [9.17, 15) is 9.59 Å². The van der Waals surface area contributed by atoms with Crippen LogP contribution in [0.4, 0.5) is 11.4 Å². The second kappa shape index (κ2) is 9.39. The van der Waals surface area contributed by atoms with Gasteiger partial charge in [0.1, 0.15) is 5.75 Å². The zero-order valence-electron chi connectivity index (χ0n) is 15.7. The summed E-state index contributed by atoms with van der Waals surface area (Å²) >= 11 is 0. The monoisotopic (exact) mass is 365 g/mol. The van der Waals surface area contributed by atoms with Crippen molar-refractivity contribution in [2.75, 3.05) is 16.8 Å². The van der Waals surface area contributed by atoms with Crippen LogP contribution in [0.2, 0.25) is 0 Å². The first-order valence-electron chi connectivity index (χ1n) is 8.74. The molecule has 0 bridgehead atoms. The van der Waals surface area contributed by atoms with Crippen LogP contribution in [0.25, 0.3) is 0 Å². The number of hydrogen-bond acceptors (Lipinski definition) is 4. The predicted molar refractivity (Wildman–Crippen MR) is 105 cm³/mol. The predicted octanol–water partition coefficient (Wildman–Crippen LogP) is 3.73. The van der Waals surface area contributed by atoms with Crippen LogP contribution in [-0.2, 0) is 9.59 Å². The summed E-state index contributed by atoms with van der Waals surface area (Å²) in [4.78, 5) is 25.6. The Hall–Kier alpha value is -3.33. The Balaban J connectivity index is 1.93. The average molecular weight is 365 g/mol. The van der Waals surface area contributed by atoms with E-state index in [2.05, 4.69) is 5.32 Å². The van der Waals surface area contributed by atoms with Crippen molar-refractivity contribution in [3.8, 4) is 11.8 Å². The standard InChI is InChI=1S/C21H23N3O3/c1-15(2)27-20-10-6-18(7-11-20)23-21(26)12-13-24(16(3)25)19-8-4-17(14-22)5-9-19/h4-11,15H,12-13H2,1-3H3,(H,23,26). The van der Waals surface area contributed by atoms with Crippen LogP contribution in [-0.4, -0.2) is 24.5 Å². The van der Waals surface area contributed by atoms with Crippen molar-refractivity contribution in [1.29, 1.82) is 5.26 Å². The van der Waals surface area contributed by atoms with Crippen molar-refractivity contribution in [3.05, 3.63) is 54.1 Å². The quantitative estimate of drug-likeness (QED) is 0.810. The van der Waals surface area contributed by atoms with Gasteiger partial charge in [-0.05, 0) is 62.4 Å². The molecule has 0 atom stereocenters. The van der Waals surface area contributed by atoms with Gasteiger partial charge in [-0.3, -0.25) is 9.59 Å². The lowest BCUT2D eigenvalue weighted by Crippen LogP contribution is -2.31. The number of carbonyl (C=O) groups is 2. The molecule has 0 aliphatic rings. The Morgan fingerprint density at radius 3 is 2.26 bits per heavy atom. The molecular weight excluding hydrogens is 342 g/mol. The molecule has 6 nitrogen and oxygen atoms in total. The number of rotatable bonds is 7. The first-order valence-corrected chi connectivity index (χ1v) is 8.74. The van der Waals surface area contributed by atoms with Crippen LogP contribution in [0.15, 0.2) is 48.5 Å². The molecule has 0 spiro atoms. The van der Waals surface area contributed by atoms with Gasteiger partial charge in [0.25, 0.3) is 0 Å². The second-order valence-corrected chi connectivity index (χ2v) is 6.32. The SMILES string of the molecule is CC(=O)N(CCC(=O)Nc1ccc(OC(C)C)cc1)c1ccc(C#N)cc1. The molecule has 0 saturated carbocycles. The minimum Gasteiger partial charge on any atom is -0.491 e. The van der Waals surface area contributed by atoms with E-state index in [1.54, 1.807) is 48.5 Å². The van der Waals surface area contributed by atoms with Gasteiger partial charge in [0, 0.05) is 31.3 Å². The van der Waals surface area contributed by atoms with E-state index in [1.807, 2.05) is 19.9 Å². The Labute approximate surface area is 159 Å². The largest absolute Gasteiger partial charge is 0.491 e. The summed E-state index contributed by atoms with van der Waals surface area (Å²) < 4.78 is 5.57. The molecule has 6 heteroatoms. The lowest BCUT2D eigenvalue weighted by Gasteiger charge is -2.21. The van der Waals surface area contributed by atoms with E-state index in [1.165, 1.54) is 11.8 Å². The molecule has 27 heavy (non-hydrogen) atoms. The summed E-state index contributed by atoms with van der Waals surface area (Å²) in [6, 6.07) is 15.9. The van der Waals surface area contributed by atoms with Gasteiger partial charge < -0.3 is 15.0 Å². The number of ether oxygens (including phenoxy) is 1. The summed E-state index contributed by atoms with van der Waals surface area (Å²) in [5, 5.41) is 11.7. The van der Waals surface area contributed by atoms with Gasteiger partial charge in [-0.1, -0.05) is 0 Å². The molecule has 2 aromatic rings. The van der Waals surface area contributed by atoms with Gasteiger partial charge in [-0.25, -0.2) is 0 Å². The molecule has 2 rings (SSSR count). The van der Waals surface area contributed by atoms with Crippen LogP contribution < -0.4 is 15.0 Å². The fourth-order valence-corrected chi connectivity index (χ4v) is 2.51. The third kappa shape index (κ3) is 6.15. The molecule has 0 aliphatic heterocycles. The zero-order chi connectivity index (χ0) is 19.8. The normalized spacial score (nSPS) is 10.2. The molecule has 0 unspecified atom stereocenters. The highest BCUT2D eigenvalue weighted by atomic mass is 16.5. The van der Waals surface area contributed by atoms with E-state index < -0.39 is 0 Å². The Bertz CT molecular complexity index is 821. The number of nitrogens with one attached hydrogen (secondary N) is 1. The van der Waals surface area contributed by atoms with E-state index in [0.29, 0.717) is 16.9 Å². The van der Waals surface area contributed by atoms with Gasteiger partial charge in [0.05, 0.1) is 17.7 Å². The number of nitriles is 1. The summed E-state index contributed by atoms with van der Waals surface area (Å²) in [5.41, 5.74) is 1.85. The number of hydrogen-bond donors (Lipinski definition) is 1. The first kappa shape index (κ1) is 20.0. The number of anilines is 2. The molecule has 0 radical (unpaired) electrons. The van der Waals surface area contributed by atoms with Gasteiger partial charge in [0.2, 0.25) is 11.8 Å². The number of benzene rings is 2. The van der Waals surface area contributed by atoms with Crippen LogP contribution in [0, 0.1) is 11.3 Å². The van der Waals surface area contributed by atoms with E-state index in [4.69, 9.17) is 10.00 Å². The molecule has 0 fully saturated rings. The summed E-state index contributed by atoms with van der Waals surface area (Å²) in [6.45, 7) is 5.60. The van der Waals surface area contributed by atoms with Crippen LogP contribution in [0.1, 0.15) is 32.8 Å². The lowest BCUT2D eigenvalue weighted by atomic mass is 10.2. The molecule has 1 N–H and O–H groups in total. The minimum atomic E-state index is -0.188. The number of amides is 2. The number of nitrogens with zero attached hydrogens (tertiary/aromatic N) is 2. The maximum absolute atomic E-state index is 12.2. The maximum atomic E-state index is 12.2. The highest BCUT2D eigenvalue weighted by Gasteiger charge is 2.13. The second-order valence-electron chi connectivity index (χ2n) is 6.32. The van der Waals surface area contributed by atoms with Gasteiger partial charge in [0.15, 0.2) is 0 Å². The third-order valence-corrected chi connectivity index (χ3v) is 3.76. The van der Waals surface area contributed by atoms with E-state index >= 15 is 0 Å². The Morgan fingerprint density at radius 1 is 1.11 bits per heavy atom. The van der Waals surface area contributed by atoms with Crippen molar-refractivity contribution < 1.29 is 14.3 Å². The van der Waals surface area contributed by atoms with Crippen LogP contribution in [0.3, 0.4) is 0 Å². The smallest absolute Gasteiger partial charge is 0.226 e. The average Bonchev–Trinajstić information content (AvgIpc) is 2.63. The zero-order valence-corrected chi connectivity index (χ0v) is 15.7. The summed E-state index contributed by atoms with van der Waals surface area (Å²) in [5.74, 6) is 0.390. The first-order chi connectivity index (χ1) is 12.9. The fourth-order valence-electron chi connectivity index (χ4n) is 2.51. The maximum Gasteiger partial charge on any atom is 0.226 e. The lowest BCUT2D eigenvalue weighted by molar-refractivity contribution is -0.117. The molecule has 2 amide bonds. The van der Waals surface area contributed by atoms with Crippen molar-refractivity contribution in [2.45, 2.75) is 33.3 Å². The molecule has 140 valence electrons. The molecule has 0 saturated heterocycles. The van der Waals surface area contributed by atoms with Crippen LogP contribution >= 0.6 is 0 Å². The third-order valence-electron chi connectivity index (χ3n) is 3.76. The topological polar surface area (TPSA) is 82.4 Å². The van der Waals surface area contributed by atoms with Crippen molar-refractivity contribution >= 4 is 23.2 Å². The van der Waals surface area contributed by atoms with Crippen LogP contribution in [0.5, 0.6) is 5.75 Å². The Morgan fingerprint density at radius 2 is 1.74 bits per heavy atom. The van der Waals surface area contributed by atoms with Gasteiger partial charge in [-0.2, -0.15) is 5.26 Å². The molecule has 0 aliphatic carbocycles. The molecule has 0 heterocycles. The van der Waals surface area contributed by atoms with Crippen molar-refractivity contribution in [3.63, 3.8) is 0 Å². The summed E-state index contributed by atoms with van der Waals surface area (Å²) in [6.07, 6.45) is 0.245. The van der Waals surface area contributed by atoms with E-state index in [0.717, 1.165) is 5.75 Å². The van der Waals surface area contributed by atoms with Crippen molar-refractivity contribution in [1.82, 2.24) is 0 Å². The number of carbonyl (C=O) groups excluding carboxylic acids is 2. The highest BCUT2D eigenvalue weighted by molar-refractivity contribution is 5.94. The minimum absolute atomic E-state index is 0.0882. The fraction of sp³-hybridized carbons (Fsp3) is 0.286. The highest BCUT2D eigenvalue weighted by Crippen LogP contribution is 2.18. The molecule has 0 aromatic heterocycles. The van der Waals surface area contributed by atoms with E-state index in [-0.39, 0.29) is 30.9 Å². The van der Waals surface area contributed by atoms with Gasteiger partial charge >= 0.3 is 0 Å². The summed E-state index contributed by atoms with van der Waals surface area (Å²) in [7, 11) is 0. The van der Waals surface area contributed by atoms with Crippen molar-refractivity contribution in [2.24, 2.45) is 0 Å². The Kier molecular flexibility index (Phi) is 6.95. The molecule has 2 aromatic carbocycles.